The first kappa shape index (κ1) is 14.0. The predicted molar refractivity (Wildman–Crippen MR) is 64.3 cm³/mol. The number of carbonyl (C=O) groups is 2. The number of urea groups is 1. The van der Waals surface area contributed by atoms with Crippen LogP contribution >= 0.6 is 0 Å². The zero-order valence-corrected chi connectivity index (χ0v) is 10.7. The molecule has 1 heterocycles. The van der Waals surface area contributed by atoms with Crippen molar-refractivity contribution in [2.24, 2.45) is 0 Å². The molecule has 0 saturated carbocycles. The van der Waals surface area contributed by atoms with Crippen LogP contribution in [0.5, 0.6) is 0 Å². The standard InChI is InChI=1S/C10H18N2O4S/c1-2-12(7-9(13)14)10(15)11-8-3-5-17(16)6-4-8/h8H,2-7H2,1H3,(H,11,15)(H,13,14). The first-order valence-corrected chi connectivity index (χ1v) is 7.14. The van der Waals surface area contributed by atoms with Gasteiger partial charge in [0.05, 0.1) is 0 Å². The van der Waals surface area contributed by atoms with Crippen LogP contribution in [-0.4, -0.2) is 56.9 Å². The van der Waals surface area contributed by atoms with Crippen molar-refractivity contribution >= 4 is 22.8 Å². The molecule has 0 aromatic carbocycles. The molecule has 0 aliphatic carbocycles. The highest BCUT2D eigenvalue weighted by molar-refractivity contribution is 7.85. The fraction of sp³-hybridized carbons (Fsp3) is 0.800. The Balaban J connectivity index is 2.41. The van der Waals surface area contributed by atoms with E-state index in [1.807, 2.05) is 0 Å². The average molecular weight is 262 g/mol. The molecule has 7 heteroatoms. The summed E-state index contributed by atoms with van der Waals surface area (Å²) in [6, 6.07) is -0.337. The fourth-order valence-electron chi connectivity index (χ4n) is 1.69. The number of carbonyl (C=O) groups excluding carboxylic acids is 1. The van der Waals surface area contributed by atoms with Gasteiger partial charge in [0.25, 0.3) is 0 Å². The molecule has 0 aromatic rings. The lowest BCUT2D eigenvalue weighted by Gasteiger charge is -2.26. The molecule has 0 bridgehead atoms. The molecule has 0 atom stereocenters. The molecule has 0 unspecified atom stereocenters. The molecule has 1 fully saturated rings. The largest absolute Gasteiger partial charge is 0.480 e. The highest BCUT2D eigenvalue weighted by atomic mass is 32.2. The Hall–Kier alpha value is -1.11. The average Bonchev–Trinajstić information content (AvgIpc) is 2.28. The Kier molecular flexibility index (Phi) is 5.40. The number of aliphatic carboxylic acids is 1. The van der Waals surface area contributed by atoms with Crippen LogP contribution in [0.15, 0.2) is 0 Å². The second-order valence-electron chi connectivity index (χ2n) is 3.98. The minimum Gasteiger partial charge on any atom is -0.480 e. The van der Waals surface area contributed by atoms with Crippen LogP contribution in [0.3, 0.4) is 0 Å². The molecular formula is C10H18N2O4S. The summed E-state index contributed by atoms with van der Waals surface area (Å²) in [5.74, 6) is 0.193. The normalized spacial score (nSPS) is 24.1. The van der Waals surface area contributed by atoms with Crippen LogP contribution in [0.4, 0.5) is 4.79 Å². The SMILES string of the molecule is CCN(CC(=O)O)C(=O)NC1CCS(=O)CC1. The van der Waals surface area contributed by atoms with Crippen molar-refractivity contribution in [3.05, 3.63) is 0 Å². The minimum absolute atomic E-state index is 0.0167. The third kappa shape index (κ3) is 4.72. The molecule has 0 aromatic heterocycles. The van der Waals surface area contributed by atoms with Crippen LogP contribution in [0.1, 0.15) is 19.8 Å². The Bertz CT molecular complexity index is 311. The first-order valence-electron chi connectivity index (χ1n) is 5.65. The number of nitrogens with one attached hydrogen (secondary N) is 1. The van der Waals surface area contributed by atoms with Gasteiger partial charge in [0, 0.05) is 34.9 Å². The zero-order chi connectivity index (χ0) is 12.8. The van der Waals surface area contributed by atoms with E-state index in [1.165, 1.54) is 4.90 Å². The van der Waals surface area contributed by atoms with Crippen LogP contribution in [0.25, 0.3) is 0 Å². The monoisotopic (exact) mass is 262 g/mol. The molecule has 1 aliphatic rings. The van der Waals surface area contributed by atoms with Gasteiger partial charge in [-0.15, -0.1) is 0 Å². The molecule has 6 nitrogen and oxygen atoms in total. The highest BCUT2D eigenvalue weighted by Gasteiger charge is 2.22. The molecule has 98 valence electrons. The van der Waals surface area contributed by atoms with E-state index in [0.717, 1.165) is 0 Å². The molecule has 1 aliphatic heterocycles. The Morgan fingerprint density at radius 2 is 2.00 bits per heavy atom. The number of hydrogen-bond acceptors (Lipinski definition) is 3. The predicted octanol–water partition coefficient (Wildman–Crippen LogP) is 0.0136. The summed E-state index contributed by atoms with van der Waals surface area (Å²) >= 11 is 0. The number of carboxylic acids is 1. The van der Waals surface area contributed by atoms with Gasteiger partial charge in [-0.3, -0.25) is 9.00 Å². The molecule has 2 N–H and O–H groups in total. The second kappa shape index (κ2) is 6.58. The van der Waals surface area contributed by atoms with Gasteiger partial charge in [0.15, 0.2) is 0 Å². The van der Waals surface area contributed by atoms with Crippen molar-refractivity contribution in [2.45, 2.75) is 25.8 Å². The number of rotatable bonds is 4. The maximum atomic E-state index is 11.7. The number of likely N-dealkylation sites (N-methyl/N-ethyl adjacent to an activating group) is 1. The number of nitrogens with zero attached hydrogens (tertiary/aromatic N) is 1. The van der Waals surface area contributed by atoms with Crippen molar-refractivity contribution in [3.8, 4) is 0 Å². The molecule has 0 spiro atoms. The molecule has 1 saturated heterocycles. The quantitative estimate of drug-likeness (QED) is 0.747. The van der Waals surface area contributed by atoms with E-state index in [1.54, 1.807) is 6.92 Å². The summed E-state index contributed by atoms with van der Waals surface area (Å²) in [6.45, 7) is 1.80. The van der Waals surface area contributed by atoms with E-state index in [0.29, 0.717) is 30.9 Å². The van der Waals surface area contributed by atoms with Crippen molar-refractivity contribution in [1.29, 1.82) is 0 Å². The molecular weight excluding hydrogens is 244 g/mol. The summed E-state index contributed by atoms with van der Waals surface area (Å²) in [5, 5.41) is 11.4. The summed E-state index contributed by atoms with van der Waals surface area (Å²) < 4.78 is 11.1. The number of amides is 2. The van der Waals surface area contributed by atoms with Crippen LogP contribution in [0.2, 0.25) is 0 Å². The molecule has 0 radical (unpaired) electrons. The summed E-state index contributed by atoms with van der Waals surface area (Å²) in [7, 11) is -0.756. The Morgan fingerprint density at radius 1 is 1.41 bits per heavy atom. The smallest absolute Gasteiger partial charge is 0.323 e. The lowest BCUT2D eigenvalue weighted by atomic mass is 10.1. The lowest BCUT2D eigenvalue weighted by molar-refractivity contribution is -0.137. The van der Waals surface area contributed by atoms with E-state index in [9.17, 15) is 13.8 Å². The number of hydrogen-bond donors (Lipinski definition) is 2. The van der Waals surface area contributed by atoms with Crippen molar-refractivity contribution in [2.75, 3.05) is 24.6 Å². The lowest BCUT2D eigenvalue weighted by Crippen LogP contribution is -2.48. The van der Waals surface area contributed by atoms with E-state index in [2.05, 4.69) is 5.32 Å². The van der Waals surface area contributed by atoms with Crippen molar-refractivity contribution < 1.29 is 18.9 Å². The summed E-state index contributed by atoms with van der Waals surface area (Å²) in [6.07, 6.45) is 1.39. The van der Waals surface area contributed by atoms with Gasteiger partial charge in [-0.05, 0) is 19.8 Å². The van der Waals surface area contributed by atoms with Crippen LogP contribution in [0, 0.1) is 0 Å². The topological polar surface area (TPSA) is 86.7 Å². The fourth-order valence-corrected chi connectivity index (χ4v) is 2.99. The summed E-state index contributed by atoms with van der Waals surface area (Å²) in [5.41, 5.74) is 0. The van der Waals surface area contributed by atoms with Gasteiger partial charge in [-0.25, -0.2) is 4.79 Å². The van der Waals surface area contributed by atoms with E-state index < -0.39 is 16.8 Å². The zero-order valence-electron chi connectivity index (χ0n) is 9.85. The van der Waals surface area contributed by atoms with E-state index in [4.69, 9.17) is 5.11 Å². The van der Waals surface area contributed by atoms with Crippen LogP contribution in [-0.2, 0) is 15.6 Å². The van der Waals surface area contributed by atoms with Crippen molar-refractivity contribution in [3.63, 3.8) is 0 Å². The number of carboxylic acid groups (broad SMARTS) is 1. The van der Waals surface area contributed by atoms with Gasteiger partial charge in [-0.2, -0.15) is 0 Å². The van der Waals surface area contributed by atoms with Crippen LogP contribution < -0.4 is 5.32 Å². The maximum absolute atomic E-state index is 11.7. The Morgan fingerprint density at radius 3 is 2.47 bits per heavy atom. The summed E-state index contributed by atoms with van der Waals surface area (Å²) in [4.78, 5) is 23.5. The van der Waals surface area contributed by atoms with E-state index in [-0.39, 0.29) is 18.6 Å². The van der Waals surface area contributed by atoms with Crippen molar-refractivity contribution in [1.82, 2.24) is 10.2 Å². The highest BCUT2D eigenvalue weighted by Crippen LogP contribution is 2.09. The van der Waals surface area contributed by atoms with Gasteiger partial charge in [0.1, 0.15) is 6.54 Å². The molecule has 1 rings (SSSR count). The van der Waals surface area contributed by atoms with E-state index >= 15 is 0 Å². The third-order valence-electron chi connectivity index (χ3n) is 2.71. The van der Waals surface area contributed by atoms with Gasteiger partial charge < -0.3 is 15.3 Å². The third-order valence-corrected chi connectivity index (χ3v) is 4.09. The minimum atomic E-state index is -1.02. The Labute approximate surface area is 103 Å². The molecule has 17 heavy (non-hydrogen) atoms. The van der Waals surface area contributed by atoms with Gasteiger partial charge in [0.2, 0.25) is 0 Å². The van der Waals surface area contributed by atoms with Gasteiger partial charge in [-0.1, -0.05) is 0 Å². The van der Waals surface area contributed by atoms with Gasteiger partial charge >= 0.3 is 12.0 Å². The molecule has 2 amide bonds. The first-order chi connectivity index (χ1) is 8.02. The second-order valence-corrected chi connectivity index (χ2v) is 5.68. The maximum Gasteiger partial charge on any atom is 0.323 e.